The van der Waals surface area contributed by atoms with Gasteiger partial charge in [-0.25, -0.2) is 9.37 Å². The third-order valence-electron chi connectivity index (χ3n) is 4.26. The van der Waals surface area contributed by atoms with Crippen LogP contribution in [0.2, 0.25) is 0 Å². The predicted octanol–water partition coefficient (Wildman–Crippen LogP) is 3.75. The van der Waals surface area contributed by atoms with Gasteiger partial charge in [0.15, 0.2) is 0 Å². The van der Waals surface area contributed by atoms with Gasteiger partial charge >= 0.3 is 0 Å². The quantitative estimate of drug-likeness (QED) is 0.547. The number of halogens is 1. The standard InChI is InChI=1S/C21H23FN4O2S/c1-28-14-13-26(12-11-20(27)23-18-10-6-5-9-17(18)22)21-24-19(25-29-21)15-16-7-3-2-4-8-16/h2-10H,11-15H2,1H3,(H,23,27). The van der Waals surface area contributed by atoms with E-state index >= 15 is 0 Å². The zero-order valence-electron chi connectivity index (χ0n) is 16.2. The lowest BCUT2D eigenvalue weighted by Crippen LogP contribution is -2.31. The number of methoxy groups -OCH3 is 1. The molecule has 1 N–H and O–H groups in total. The van der Waals surface area contributed by atoms with Crippen molar-refractivity contribution in [2.45, 2.75) is 12.8 Å². The molecule has 3 rings (SSSR count). The third-order valence-corrected chi connectivity index (χ3v) is 5.07. The molecule has 0 fully saturated rings. The van der Waals surface area contributed by atoms with E-state index < -0.39 is 5.82 Å². The normalized spacial score (nSPS) is 10.7. The molecule has 0 bridgehead atoms. The molecule has 1 aromatic heterocycles. The van der Waals surface area contributed by atoms with Crippen molar-refractivity contribution in [3.63, 3.8) is 0 Å². The lowest BCUT2D eigenvalue weighted by molar-refractivity contribution is -0.116. The van der Waals surface area contributed by atoms with E-state index in [1.165, 1.54) is 23.7 Å². The highest BCUT2D eigenvalue weighted by atomic mass is 32.1. The van der Waals surface area contributed by atoms with Crippen LogP contribution in [-0.2, 0) is 16.0 Å². The number of hydrogen-bond donors (Lipinski definition) is 1. The summed E-state index contributed by atoms with van der Waals surface area (Å²) in [5.74, 6) is 0.0349. The van der Waals surface area contributed by atoms with Crippen molar-refractivity contribution >= 4 is 28.3 Å². The topological polar surface area (TPSA) is 67.3 Å². The van der Waals surface area contributed by atoms with Gasteiger partial charge in [-0.1, -0.05) is 42.5 Å². The van der Waals surface area contributed by atoms with Crippen molar-refractivity contribution < 1.29 is 13.9 Å². The number of amides is 1. The molecule has 8 heteroatoms. The number of aromatic nitrogens is 2. The van der Waals surface area contributed by atoms with Gasteiger partial charge in [-0.05, 0) is 17.7 Å². The van der Waals surface area contributed by atoms with Crippen LogP contribution in [0.3, 0.4) is 0 Å². The van der Waals surface area contributed by atoms with E-state index in [1.54, 1.807) is 19.2 Å². The molecule has 0 unspecified atom stereocenters. The monoisotopic (exact) mass is 414 g/mol. The molecule has 6 nitrogen and oxygen atoms in total. The predicted molar refractivity (Wildman–Crippen MR) is 113 cm³/mol. The number of rotatable bonds is 10. The summed E-state index contributed by atoms with van der Waals surface area (Å²) in [6.07, 6.45) is 0.856. The molecular weight excluding hydrogens is 391 g/mol. The molecular formula is C21H23FN4O2S. The number of nitrogens with zero attached hydrogens (tertiary/aromatic N) is 3. The molecule has 0 spiro atoms. The van der Waals surface area contributed by atoms with Crippen LogP contribution in [0.15, 0.2) is 54.6 Å². The highest BCUT2D eigenvalue weighted by Crippen LogP contribution is 2.20. The molecule has 29 heavy (non-hydrogen) atoms. The van der Waals surface area contributed by atoms with Crippen LogP contribution in [0.25, 0.3) is 0 Å². The fraction of sp³-hybridized carbons (Fsp3) is 0.286. The summed E-state index contributed by atoms with van der Waals surface area (Å²) in [6, 6.07) is 16.1. The van der Waals surface area contributed by atoms with Crippen LogP contribution in [0.5, 0.6) is 0 Å². The summed E-state index contributed by atoms with van der Waals surface area (Å²) >= 11 is 1.30. The lowest BCUT2D eigenvalue weighted by Gasteiger charge is -2.20. The molecule has 0 saturated carbocycles. The Kier molecular flexibility index (Phi) is 7.66. The molecule has 0 radical (unpaired) electrons. The van der Waals surface area contributed by atoms with Crippen LogP contribution in [0.1, 0.15) is 17.8 Å². The summed E-state index contributed by atoms with van der Waals surface area (Å²) in [7, 11) is 1.63. The molecule has 0 aliphatic rings. The van der Waals surface area contributed by atoms with Gasteiger partial charge in [0.05, 0.1) is 12.3 Å². The van der Waals surface area contributed by atoms with E-state index in [9.17, 15) is 9.18 Å². The number of anilines is 2. The zero-order valence-corrected chi connectivity index (χ0v) is 17.0. The lowest BCUT2D eigenvalue weighted by atomic mass is 10.1. The Labute approximate surface area is 173 Å². The summed E-state index contributed by atoms with van der Waals surface area (Å²) in [5, 5.41) is 3.35. The molecule has 0 atom stereocenters. The van der Waals surface area contributed by atoms with Gasteiger partial charge in [0.1, 0.15) is 11.6 Å². The van der Waals surface area contributed by atoms with Crippen LogP contribution < -0.4 is 10.2 Å². The van der Waals surface area contributed by atoms with Crippen LogP contribution >= 0.6 is 11.5 Å². The first-order chi connectivity index (χ1) is 14.2. The van der Waals surface area contributed by atoms with Gasteiger partial charge < -0.3 is 15.0 Å². The van der Waals surface area contributed by atoms with Gasteiger partial charge in [0, 0.05) is 44.6 Å². The Morgan fingerprint density at radius 1 is 1.14 bits per heavy atom. The minimum absolute atomic E-state index is 0.182. The van der Waals surface area contributed by atoms with Crippen molar-refractivity contribution in [2.75, 3.05) is 37.0 Å². The van der Waals surface area contributed by atoms with E-state index in [1.807, 2.05) is 35.2 Å². The molecule has 3 aromatic rings. The van der Waals surface area contributed by atoms with E-state index in [2.05, 4.69) is 14.7 Å². The van der Waals surface area contributed by atoms with E-state index in [0.717, 1.165) is 16.5 Å². The molecule has 0 saturated heterocycles. The third kappa shape index (κ3) is 6.33. The maximum Gasteiger partial charge on any atom is 0.226 e. The van der Waals surface area contributed by atoms with Crippen molar-refractivity contribution in [1.29, 1.82) is 0 Å². The maximum atomic E-state index is 13.7. The fourth-order valence-electron chi connectivity index (χ4n) is 2.74. The van der Waals surface area contributed by atoms with E-state index in [4.69, 9.17) is 4.74 Å². The van der Waals surface area contributed by atoms with E-state index in [-0.39, 0.29) is 18.0 Å². The largest absolute Gasteiger partial charge is 0.383 e. The number of para-hydroxylation sites is 1. The summed E-state index contributed by atoms with van der Waals surface area (Å²) in [5.41, 5.74) is 1.33. The Morgan fingerprint density at radius 2 is 1.90 bits per heavy atom. The first kappa shape index (κ1) is 20.9. The first-order valence-electron chi connectivity index (χ1n) is 9.30. The van der Waals surface area contributed by atoms with E-state index in [0.29, 0.717) is 26.1 Å². The molecule has 2 aromatic carbocycles. The zero-order chi connectivity index (χ0) is 20.5. The minimum Gasteiger partial charge on any atom is -0.383 e. The second-order valence-electron chi connectivity index (χ2n) is 6.41. The van der Waals surface area contributed by atoms with Crippen molar-refractivity contribution in [1.82, 2.24) is 9.36 Å². The Balaban J connectivity index is 1.60. The average Bonchev–Trinajstić information content (AvgIpc) is 3.19. The Morgan fingerprint density at radius 3 is 2.66 bits per heavy atom. The van der Waals surface area contributed by atoms with Crippen molar-refractivity contribution in [3.05, 3.63) is 71.8 Å². The first-order valence-corrected chi connectivity index (χ1v) is 10.1. The number of carbonyl (C=O) groups is 1. The van der Waals surface area contributed by atoms with Gasteiger partial charge in [-0.3, -0.25) is 4.79 Å². The second-order valence-corrected chi connectivity index (χ2v) is 7.14. The SMILES string of the molecule is COCCN(CCC(=O)Nc1ccccc1F)c1nc(Cc2ccccc2)ns1. The van der Waals surface area contributed by atoms with Crippen molar-refractivity contribution in [3.8, 4) is 0 Å². The second kappa shape index (κ2) is 10.6. The molecule has 0 aliphatic heterocycles. The number of nitrogens with one attached hydrogen (secondary N) is 1. The molecule has 152 valence electrons. The number of benzene rings is 2. The van der Waals surface area contributed by atoms with Gasteiger partial charge in [0.25, 0.3) is 0 Å². The highest BCUT2D eigenvalue weighted by Gasteiger charge is 2.15. The number of ether oxygens (including phenoxy) is 1. The van der Waals surface area contributed by atoms with Crippen molar-refractivity contribution in [2.24, 2.45) is 0 Å². The van der Waals surface area contributed by atoms with Crippen LogP contribution in [0, 0.1) is 5.82 Å². The molecule has 0 aliphatic carbocycles. The molecule has 1 amide bonds. The highest BCUT2D eigenvalue weighted by molar-refractivity contribution is 7.09. The van der Waals surface area contributed by atoms with Crippen LogP contribution in [-0.4, -0.2) is 42.1 Å². The summed E-state index contributed by atoms with van der Waals surface area (Å²) in [4.78, 5) is 18.8. The Bertz CT molecular complexity index is 920. The fourth-order valence-corrected chi connectivity index (χ4v) is 3.48. The number of carbonyl (C=O) groups excluding carboxylic acids is 1. The van der Waals surface area contributed by atoms with Gasteiger partial charge in [0.2, 0.25) is 11.0 Å². The maximum absolute atomic E-state index is 13.7. The average molecular weight is 415 g/mol. The summed E-state index contributed by atoms with van der Waals surface area (Å²) in [6.45, 7) is 1.52. The van der Waals surface area contributed by atoms with Gasteiger partial charge in [-0.2, -0.15) is 4.37 Å². The molecule has 1 heterocycles. The minimum atomic E-state index is -0.452. The smallest absolute Gasteiger partial charge is 0.226 e. The summed E-state index contributed by atoms with van der Waals surface area (Å²) < 4.78 is 23.3. The Hall–Kier alpha value is -2.84. The van der Waals surface area contributed by atoms with Crippen LogP contribution in [0.4, 0.5) is 15.2 Å². The van der Waals surface area contributed by atoms with Gasteiger partial charge in [-0.15, -0.1) is 0 Å². The number of hydrogen-bond acceptors (Lipinski definition) is 6.